The molecule has 1 aromatic rings. The van der Waals surface area contributed by atoms with E-state index >= 15 is 0 Å². The molecule has 1 aromatic heterocycles. The lowest BCUT2D eigenvalue weighted by molar-refractivity contribution is -0.121. The third-order valence-electron chi connectivity index (χ3n) is 3.21. The van der Waals surface area contributed by atoms with Crippen molar-refractivity contribution >= 4 is 11.8 Å². The first kappa shape index (κ1) is 12.6. The Labute approximate surface area is 104 Å². The molecule has 4 N–H and O–H groups in total. The van der Waals surface area contributed by atoms with Crippen molar-refractivity contribution in [2.45, 2.75) is 32.4 Å². The molecule has 7 nitrogen and oxygen atoms in total. The molecular weight excluding hydrogens is 236 g/mol. The predicted molar refractivity (Wildman–Crippen MR) is 62.7 cm³/mol. The molecule has 18 heavy (non-hydrogen) atoms. The zero-order valence-electron chi connectivity index (χ0n) is 10.3. The quantitative estimate of drug-likeness (QED) is 0.632. The number of amides is 2. The molecule has 2 atom stereocenters. The van der Waals surface area contributed by atoms with Crippen LogP contribution in [0.1, 0.15) is 28.2 Å². The van der Waals surface area contributed by atoms with Crippen LogP contribution in [-0.4, -0.2) is 50.7 Å². The molecular formula is C11H16N4O3. The SMILES string of the molecule is Cc1n[nH]c(C)c1C(=O)N1CC(O)CC1C(N)=O. The number of carbonyl (C=O) groups is 2. The second-order valence-corrected chi connectivity index (χ2v) is 4.57. The van der Waals surface area contributed by atoms with E-state index in [0.717, 1.165) is 0 Å². The molecule has 0 spiro atoms. The Kier molecular flexibility index (Phi) is 3.08. The second kappa shape index (κ2) is 4.41. The summed E-state index contributed by atoms with van der Waals surface area (Å²) in [6, 6.07) is -0.749. The van der Waals surface area contributed by atoms with Crippen molar-refractivity contribution in [1.29, 1.82) is 0 Å². The number of carbonyl (C=O) groups excluding carboxylic acids is 2. The number of aliphatic hydroxyl groups excluding tert-OH is 1. The highest BCUT2D eigenvalue weighted by atomic mass is 16.3. The summed E-state index contributed by atoms with van der Waals surface area (Å²) in [5.74, 6) is -0.919. The third kappa shape index (κ3) is 1.97. The molecule has 2 unspecified atom stereocenters. The van der Waals surface area contributed by atoms with E-state index in [9.17, 15) is 14.7 Å². The van der Waals surface area contributed by atoms with Gasteiger partial charge in [-0.05, 0) is 13.8 Å². The number of nitrogens with one attached hydrogen (secondary N) is 1. The lowest BCUT2D eigenvalue weighted by Gasteiger charge is -2.21. The first-order chi connectivity index (χ1) is 8.41. The Morgan fingerprint density at radius 2 is 2.17 bits per heavy atom. The molecule has 1 aliphatic heterocycles. The van der Waals surface area contributed by atoms with Gasteiger partial charge in [0.15, 0.2) is 0 Å². The number of hydrogen-bond acceptors (Lipinski definition) is 4. The average Bonchev–Trinajstić information content (AvgIpc) is 2.82. The minimum absolute atomic E-state index is 0.122. The topological polar surface area (TPSA) is 112 Å². The van der Waals surface area contributed by atoms with E-state index in [-0.39, 0.29) is 18.9 Å². The second-order valence-electron chi connectivity index (χ2n) is 4.57. The first-order valence-corrected chi connectivity index (χ1v) is 5.71. The van der Waals surface area contributed by atoms with E-state index < -0.39 is 18.1 Å². The number of nitrogens with two attached hydrogens (primary N) is 1. The summed E-state index contributed by atoms with van der Waals surface area (Å²) < 4.78 is 0. The van der Waals surface area contributed by atoms with Gasteiger partial charge in [0.1, 0.15) is 6.04 Å². The lowest BCUT2D eigenvalue weighted by atomic mass is 10.1. The molecule has 1 fully saturated rings. The summed E-state index contributed by atoms with van der Waals surface area (Å²) in [5.41, 5.74) is 6.90. The summed E-state index contributed by atoms with van der Waals surface area (Å²) >= 11 is 0. The molecule has 98 valence electrons. The van der Waals surface area contributed by atoms with Crippen molar-refractivity contribution in [3.8, 4) is 0 Å². The maximum Gasteiger partial charge on any atom is 0.258 e. The van der Waals surface area contributed by atoms with Gasteiger partial charge in [-0.2, -0.15) is 5.10 Å². The number of primary amides is 1. The zero-order valence-corrected chi connectivity index (χ0v) is 10.3. The Morgan fingerprint density at radius 3 is 2.67 bits per heavy atom. The minimum atomic E-state index is -0.749. The van der Waals surface area contributed by atoms with Crippen LogP contribution >= 0.6 is 0 Å². The maximum atomic E-state index is 12.4. The van der Waals surface area contributed by atoms with Gasteiger partial charge in [-0.15, -0.1) is 0 Å². The number of aliphatic hydroxyl groups is 1. The van der Waals surface area contributed by atoms with Crippen molar-refractivity contribution in [3.63, 3.8) is 0 Å². The highest BCUT2D eigenvalue weighted by molar-refractivity contribution is 5.99. The first-order valence-electron chi connectivity index (χ1n) is 5.71. The van der Waals surface area contributed by atoms with Crippen LogP contribution < -0.4 is 5.73 Å². The van der Waals surface area contributed by atoms with E-state index in [1.165, 1.54) is 4.90 Å². The predicted octanol–water partition coefficient (Wildman–Crippen LogP) is -0.913. The van der Waals surface area contributed by atoms with Gasteiger partial charge in [-0.25, -0.2) is 0 Å². The van der Waals surface area contributed by atoms with Gasteiger partial charge in [0, 0.05) is 18.7 Å². The number of aromatic amines is 1. The van der Waals surface area contributed by atoms with Crippen molar-refractivity contribution in [3.05, 3.63) is 17.0 Å². The molecule has 1 aliphatic rings. The summed E-state index contributed by atoms with van der Waals surface area (Å²) in [6.07, 6.45) is -0.518. The van der Waals surface area contributed by atoms with Crippen LogP contribution in [0.15, 0.2) is 0 Å². The van der Waals surface area contributed by atoms with Gasteiger partial charge in [0.05, 0.1) is 17.4 Å². The number of aromatic nitrogens is 2. The Balaban J connectivity index is 2.31. The Bertz CT molecular complexity index is 477. The molecule has 0 radical (unpaired) electrons. The fraction of sp³-hybridized carbons (Fsp3) is 0.545. The number of aryl methyl sites for hydroxylation is 2. The van der Waals surface area contributed by atoms with Crippen LogP contribution in [0.25, 0.3) is 0 Å². The van der Waals surface area contributed by atoms with Gasteiger partial charge >= 0.3 is 0 Å². The van der Waals surface area contributed by atoms with E-state index in [0.29, 0.717) is 17.0 Å². The highest BCUT2D eigenvalue weighted by Crippen LogP contribution is 2.22. The standard InChI is InChI=1S/C11H16N4O3/c1-5-9(6(2)14-13-5)11(18)15-4-7(16)3-8(15)10(12)17/h7-8,16H,3-4H2,1-2H3,(H2,12,17)(H,13,14). The van der Waals surface area contributed by atoms with Gasteiger partial charge in [-0.1, -0.05) is 0 Å². The Morgan fingerprint density at radius 1 is 1.50 bits per heavy atom. The van der Waals surface area contributed by atoms with Crippen molar-refractivity contribution in [2.75, 3.05) is 6.54 Å². The maximum absolute atomic E-state index is 12.4. The zero-order chi connectivity index (χ0) is 13.4. The number of rotatable bonds is 2. The molecule has 0 saturated carbocycles. The number of likely N-dealkylation sites (tertiary alicyclic amines) is 1. The van der Waals surface area contributed by atoms with E-state index in [2.05, 4.69) is 10.2 Å². The number of β-amino-alcohol motifs (C(OH)–C–C–N with tert-alkyl or cyclic N) is 1. The van der Waals surface area contributed by atoms with Gasteiger partial charge in [-0.3, -0.25) is 14.7 Å². The summed E-state index contributed by atoms with van der Waals surface area (Å²) in [4.78, 5) is 25.0. The van der Waals surface area contributed by atoms with E-state index in [1.54, 1.807) is 13.8 Å². The lowest BCUT2D eigenvalue weighted by Crippen LogP contribution is -2.44. The smallest absolute Gasteiger partial charge is 0.258 e. The van der Waals surface area contributed by atoms with Crippen molar-refractivity contribution in [1.82, 2.24) is 15.1 Å². The van der Waals surface area contributed by atoms with Crippen LogP contribution in [0.5, 0.6) is 0 Å². The Hall–Kier alpha value is -1.89. The molecule has 1 saturated heterocycles. The molecule has 2 amide bonds. The van der Waals surface area contributed by atoms with Gasteiger partial charge in [0.2, 0.25) is 5.91 Å². The largest absolute Gasteiger partial charge is 0.391 e. The average molecular weight is 252 g/mol. The molecule has 0 aliphatic carbocycles. The number of nitrogens with zero attached hydrogens (tertiary/aromatic N) is 2. The van der Waals surface area contributed by atoms with Crippen LogP contribution in [0.3, 0.4) is 0 Å². The molecule has 7 heteroatoms. The summed E-state index contributed by atoms with van der Waals surface area (Å²) in [5, 5.41) is 16.2. The summed E-state index contributed by atoms with van der Waals surface area (Å²) in [7, 11) is 0. The molecule has 2 rings (SSSR count). The fourth-order valence-electron chi connectivity index (χ4n) is 2.32. The third-order valence-corrected chi connectivity index (χ3v) is 3.21. The van der Waals surface area contributed by atoms with Gasteiger partial charge in [0.25, 0.3) is 5.91 Å². The summed E-state index contributed by atoms with van der Waals surface area (Å²) in [6.45, 7) is 3.57. The van der Waals surface area contributed by atoms with Crippen molar-refractivity contribution in [2.24, 2.45) is 5.73 Å². The van der Waals surface area contributed by atoms with Crippen LogP contribution in [0.2, 0.25) is 0 Å². The minimum Gasteiger partial charge on any atom is -0.391 e. The van der Waals surface area contributed by atoms with E-state index in [4.69, 9.17) is 5.73 Å². The van der Waals surface area contributed by atoms with Gasteiger partial charge < -0.3 is 15.7 Å². The molecule has 2 heterocycles. The van der Waals surface area contributed by atoms with Crippen LogP contribution in [-0.2, 0) is 4.79 Å². The normalized spacial score (nSPS) is 23.4. The monoisotopic (exact) mass is 252 g/mol. The highest BCUT2D eigenvalue weighted by Gasteiger charge is 2.39. The molecule has 0 bridgehead atoms. The molecule has 0 aromatic carbocycles. The van der Waals surface area contributed by atoms with Crippen molar-refractivity contribution < 1.29 is 14.7 Å². The van der Waals surface area contributed by atoms with E-state index in [1.807, 2.05) is 0 Å². The fourth-order valence-corrected chi connectivity index (χ4v) is 2.32. The van der Waals surface area contributed by atoms with Crippen LogP contribution in [0.4, 0.5) is 0 Å². The number of H-pyrrole nitrogens is 1. The van der Waals surface area contributed by atoms with Crippen LogP contribution in [0, 0.1) is 13.8 Å². The number of hydrogen-bond donors (Lipinski definition) is 3.